The first kappa shape index (κ1) is 16.4. The van der Waals surface area contributed by atoms with Gasteiger partial charge in [0.2, 0.25) is 0 Å². The summed E-state index contributed by atoms with van der Waals surface area (Å²) in [4.78, 5) is 24.2. The quantitative estimate of drug-likeness (QED) is 0.860. The SMILES string of the molecule is COC(=O)c1ccc(CC(=O)[C@H]2NCC[C@H]2c2ccccc2)cc1. The van der Waals surface area contributed by atoms with Crippen molar-refractivity contribution in [1.29, 1.82) is 0 Å². The van der Waals surface area contributed by atoms with Gasteiger partial charge in [-0.3, -0.25) is 4.79 Å². The third-order valence-corrected chi connectivity index (χ3v) is 4.55. The van der Waals surface area contributed by atoms with Crippen LogP contribution in [0.25, 0.3) is 0 Å². The van der Waals surface area contributed by atoms with Gasteiger partial charge in [0.05, 0.1) is 18.7 Å². The predicted molar refractivity (Wildman–Crippen MR) is 92.1 cm³/mol. The van der Waals surface area contributed by atoms with E-state index in [1.54, 1.807) is 12.1 Å². The highest BCUT2D eigenvalue weighted by Crippen LogP contribution is 2.28. The van der Waals surface area contributed by atoms with Crippen molar-refractivity contribution >= 4 is 11.8 Å². The van der Waals surface area contributed by atoms with Gasteiger partial charge in [-0.1, -0.05) is 42.5 Å². The first-order valence-corrected chi connectivity index (χ1v) is 8.17. The zero-order valence-electron chi connectivity index (χ0n) is 13.7. The maximum Gasteiger partial charge on any atom is 0.337 e. The highest BCUT2D eigenvalue weighted by Gasteiger charge is 2.33. The average Bonchev–Trinajstić information content (AvgIpc) is 3.12. The van der Waals surface area contributed by atoms with Gasteiger partial charge in [-0.25, -0.2) is 4.79 Å². The lowest BCUT2D eigenvalue weighted by atomic mass is 9.88. The maximum absolute atomic E-state index is 12.7. The van der Waals surface area contributed by atoms with E-state index in [9.17, 15) is 9.59 Å². The van der Waals surface area contributed by atoms with Crippen molar-refractivity contribution in [2.45, 2.75) is 24.8 Å². The van der Waals surface area contributed by atoms with E-state index in [-0.39, 0.29) is 23.7 Å². The number of hydrogen-bond donors (Lipinski definition) is 1. The van der Waals surface area contributed by atoms with Gasteiger partial charge < -0.3 is 10.1 Å². The monoisotopic (exact) mass is 323 g/mol. The molecule has 1 aliphatic heterocycles. The van der Waals surface area contributed by atoms with Gasteiger partial charge in [0, 0.05) is 12.3 Å². The first-order valence-electron chi connectivity index (χ1n) is 8.17. The highest BCUT2D eigenvalue weighted by atomic mass is 16.5. The molecule has 0 bridgehead atoms. The summed E-state index contributed by atoms with van der Waals surface area (Å²) in [6.07, 6.45) is 1.34. The molecular weight excluding hydrogens is 302 g/mol. The molecule has 4 heteroatoms. The Kier molecular flexibility index (Phi) is 5.06. The van der Waals surface area contributed by atoms with Crippen molar-refractivity contribution in [3.63, 3.8) is 0 Å². The number of benzene rings is 2. The fourth-order valence-corrected chi connectivity index (χ4v) is 3.29. The lowest BCUT2D eigenvalue weighted by Gasteiger charge is -2.19. The predicted octanol–water partition coefficient (Wildman–Crippen LogP) is 2.73. The number of carbonyl (C=O) groups is 2. The maximum atomic E-state index is 12.7. The molecule has 0 spiro atoms. The molecule has 0 saturated carbocycles. The third-order valence-electron chi connectivity index (χ3n) is 4.55. The van der Waals surface area contributed by atoms with E-state index in [1.165, 1.54) is 12.7 Å². The van der Waals surface area contributed by atoms with Gasteiger partial charge in [-0.2, -0.15) is 0 Å². The molecular formula is C20H21NO3. The molecule has 24 heavy (non-hydrogen) atoms. The number of esters is 1. The lowest BCUT2D eigenvalue weighted by molar-refractivity contribution is -0.120. The minimum Gasteiger partial charge on any atom is -0.465 e. The minimum atomic E-state index is -0.366. The largest absolute Gasteiger partial charge is 0.465 e. The summed E-state index contributed by atoms with van der Waals surface area (Å²) in [6.45, 7) is 0.858. The van der Waals surface area contributed by atoms with Crippen molar-refractivity contribution in [3.8, 4) is 0 Å². The minimum absolute atomic E-state index is 0.146. The Bertz CT molecular complexity index is 709. The average molecular weight is 323 g/mol. The Morgan fingerprint density at radius 2 is 1.79 bits per heavy atom. The lowest BCUT2D eigenvalue weighted by Crippen LogP contribution is -2.35. The van der Waals surface area contributed by atoms with Crippen LogP contribution in [-0.4, -0.2) is 31.4 Å². The zero-order chi connectivity index (χ0) is 16.9. The second-order valence-electron chi connectivity index (χ2n) is 6.07. The van der Waals surface area contributed by atoms with Crippen LogP contribution in [0, 0.1) is 0 Å². The van der Waals surface area contributed by atoms with Gasteiger partial charge >= 0.3 is 5.97 Å². The summed E-state index contributed by atoms with van der Waals surface area (Å²) in [5.74, 6) is 0.0506. The van der Waals surface area contributed by atoms with Crippen LogP contribution < -0.4 is 5.32 Å². The molecule has 1 N–H and O–H groups in total. The fourth-order valence-electron chi connectivity index (χ4n) is 3.29. The topological polar surface area (TPSA) is 55.4 Å². The van der Waals surface area contributed by atoms with Crippen LogP contribution in [0.5, 0.6) is 0 Å². The zero-order valence-corrected chi connectivity index (χ0v) is 13.7. The molecule has 0 aliphatic carbocycles. The van der Waals surface area contributed by atoms with E-state index in [0.29, 0.717) is 12.0 Å². The molecule has 1 heterocycles. The van der Waals surface area contributed by atoms with E-state index in [4.69, 9.17) is 0 Å². The van der Waals surface area contributed by atoms with Crippen molar-refractivity contribution in [2.75, 3.05) is 13.7 Å². The number of ketones is 1. The third kappa shape index (κ3) is 3.54. The normalized spacial score (nSPS) is 19.9. The number of Topliss-reactive ketones (excluding diaryl/α,β-unsaturated/α-hetero) is 1. The highest BCUT2D eigenvalue weighted by molar-refractivity contribution is 5.90. The summed E-state index contributed by atoms with van der Waals surface area (Å²) in [6, 6.07) is 17.1. The van der Waals surface area contributed by atoms with Gasteiger partial charge in [0.25, 0.3) is 0 Å². The van der Waals surface area contributed by atoms with Crippen LogP contribution in [0.15, 0.2) is 54.6 Å². The molecule has 0 aromatic heterocycles. The van der Waals surface area contributed by atoms with Crippen molar-refractivity contribution in [1.82, 2.24) is 5.32 Å². The van der Waals surface area contributed by atoms with Gasteiger partial charge in [-0.15, -0.1) is 0 Å². The second kappa shape index (κ2) is 7.41. The number of hydrogen-bond acceptors (Lipinski definition) is 4. The van der Waals surface area contributed by atoms with Crippen LogP contribution in [0.4, 0.5) is 0 Å². The van der Waals surface area contributed by atoms with Crippen LogP contribution in [0.3, 0.4) is 0 Å². The smallest absolute Gasteiger partial charge is 0.337 e. The summed E-state index contributed by atoms with van der Waals surface area (Å²) >= 11 is 0. The number of nitrogens with one attached hydrogen (secondary N) is 1. The van der Waals surface area contributed by atoms with Crippen LogP contribution >= 0.6 is 0 Å². The summed E-state index contributed by atoms with van der Waals surface area (Å²) in [5, 5.41) is 3.34. The Morgan fingerprint density at radius 3 is 2.46 bits per heavy atom. The van der Waals surface area contributed by atoms with Crippen LogP contribution in [0.2, 0.25) is 0 Å². The molecule has 2 aromatic rings. The molecule has 3 rings (SSSR count). The molecule has 0 radical (unpaired) electrons. The van der Waals surface area contributed by atoms with Crippen LogP contribution in [0.1, 0.15) is 33.8 Å². The molecule has 0 unspecified atom stereocenters. The molecule has 124 valence electrons. The number of methoxy groups -OCH3 is 1. The summed E-state index contributed by atoms with van der Waals surface area (Å²) in [7, 11) is 1.36. The number of rotatable bonds is 5. The van der Waals surface area contributed by atoms with E-state index in [1.807, 2.05) is 30.3 Å². The molecule has 1 fully saturated rings. The van der Waals surface area contributed by atoms with Crippen LogP contribution in [-0.2, 0) is 16.0 Å². The summed E-state index contributed by atoms with van der Waals surface area (Å²) < 4.78 is 4.69. The molecule has 1 saturated heterocycles. The molecule has 2 atom stereocenters. The van der Waals surface area contributed by atoms with E-state index >= 15 is 0 Å². The fraction of sp³-hybridized carbons (Fsp3) is 0.300. The molecule has 2 aromatic carbocycles. The van der Waals surface area contributed by atoms with E-state index in [2.05, 4.69) is 22.2 Å². The number of carbonyl (C=O) groups excluding carboxylic acids is 2. The Balaban J connectivity index is 1.69. The Hall–Kier alpha value is -2.46. The second-order valence-corrected chi connectivity index (χ2v) is 6.07. The molecule has 0 amide bonds. The first-order chi connectivity index (χ1) is 11.7. The summed E-state index contributed by atoms with van der Waals surface area (Å²) in [5.41, 5.74) is 2.62. The Morgan fingerprint density at radius 1 is 1.08 bits per heavy atom. The standard InChI is InChI=1S/C20H21NO3/c1-24-20(23)16-9-7-14(8-10-16)13-18(22)19-17(11-12-21-19)15-5-3-2-4-6-15/h2-10,17,19,21H,11-13H2,1H3/t17-,19-/m0/s1. The van der Waals surface area contributed by atoms with Gasteiger partial charge in [0.1, 0.15) is 0 Å². The number of ether oxygens (including phenoxy) is 1. The van der Waals surface area contributed by atoms with Gasteiger partial charge in [0.15, 0.2) is 5.78 Å². The Labute approximate surface area is 141 Å². The molecule has 1 aliphatic rings. The van der Waals surface area contributed by atoms with Gasteiger partial charge in [-0.05, 0) is 36.2 Å². The van der Waals surface area contributed by atoms with Crippen molar-refractivity contribution in [2.24, 2.45) is 0 Å². The van der Waals surface area contributed by atoms with Crippen molar-refractivity contribution in [3.05, 3.63) is 71.3 Å². The van der Waals surface area contributed by atoms with E-state index in [0.717, 1.165) is 18.5 Å². The molecule has 4 nitrogen and oxygen atoms in total. The van der Waals surface area contributed by atoms with E-state index < -0.39 is 0 Å². The van der Waals surface area contributed by atoms with Crippen molar-refractivity contribution < 1.29 is 14.3 Å².